The van der Waals surface area contributed by atoms with Crippen molar-refractivity contribution in [2.45, 2.75) is 44.1 Å². The van der Waals surface area contributed by atoms with E-state index in [2.05, 4.69) is 19.1 Å². The molecule has 0 bridgehead atoms. The van der Waals surface area contributed by atoms with E-state index in [0.717, 1.165) is 12.2 Å². The van der Waals surface area contributed by atoms with Gasteiger partial charge in [-0.15, -0.1) is 0 Å². The van der Waals surface area contributed by atoms with Crippen molar-refractivity contribution < 1.29 is 17.9 Å². The molecule has 1 aliphatic rings. The highest BCUT2D eigenvalue weighted by atomic mass is 32.2. The lowest BCUT2D eigenvalue weighted by Gasteiger charge is -2.31. The van der Waals surface area contributed by atoms with E-state index in [1.54, 1.807) is 36.5 Å². The van der Waals surface area contributed by atoms with E-state index in [0.29, 0.717) is 42.1 Å². The summed E-state index contributed by atoms with van der Waals surface area (Å²) in [5.41, 5.74) is 1.94. The number of benzene rings is 2. The number of aryl methyl sites for hydroxylation is 2. The van der Waals surface area contributed by atoms with Crippen molar-refractivity contribution in [3.8, 4) is 11.5 Å². The first kappa shape index (κ1) is 19.7. The number of methoxy groups -OCH3 is 1. The lowest BCUT2D eigenvalue weighted by atomic mass is 10.1. The predicted molar refractivity (Wildman–Crippen MR) is 106 cm³/mol. The van der Waals surface area contributed by atoms with Crippen molar-refractivity contribution in [2.75, 3.05) is 20.2 Å². The minimum atomic E-state index is -3.50. The Balaban J connectivity index is 1.66. The molecule has 0 atom stereocenters. The standard InChI is InChI=1S/C21H27NO4S/c1-4-17-6-5-7-20(15-17)26-18-10-12-22(13-11-18)27(23,24)21-9-8-19(25-3)14-16(21)2/h5-9,14-15,18H,4,10-13H2,1-3H3. The summed E-state index contributed by atoms with van der Waals surface area (Å²) in [7, 11) is -1.93. The van der Waals surface area contributed by atoms with Crippen molar-refractivity contribution in [1.82, 2.24) is 4.31 Å². The second-order valence-electron chi connectivity index (χ2n) is 6.85. The molecule has 0 unspecified atom stereocenters. The van der Waals surface area contributed by atoms with Crippen LogP contribution in [-0.4, -0.2) is 39.0 Å². The summed E-state index contributed by atoms with van der Waals surface area (Å²) in [6.07, 6.45) is 2.38. The van der Waals surface area contributed by atoms with E-state index in [9.17, 15) is 8.42 Å². The SMILES string of the molecule is CCc1cccc(OC2CCN(S(=O)(=O)c3ccc(OC)cc3C)CC2)c1. The number of hydrogen-bond acceptors (Lipinski definition) is 4. The van der Waals surface area contributed by atoms with E-state index in [4.69, 9.17) is 9.47 Å². The Hall–Kier alpha value is -2.05. The van der Waals surface area contributed by atoms with Crippen molar-refractivity contribution in [3.05, 3.63) is 53.6 Å². The summed E-state index contributed by atoms with van der Waals surface area (Å²) in [5, 5.41) is 0. The number of piperidine rings is 1. The zero-order valence-corrected chi connectivity index (χ0v) is 17.0. The first-order chi connectivity index (χ1) is 12.9. The molecule has 6 heteroatoms. The lowest BCUT2D eigenvalue weighted by Crippen LogP contribution is -2.41. The van der Waals surface area contributed by atoms with Gasteiger partial charge in [0.05, 0.1) is 12.0 Å². The van der Waals surface area contributed by atoms with Gasteiger partial charge in [0.1, 0.15) is 17.6 Å². The van der Waals surface area contributed by atoms with Crippen LogP contribution in [0.1, 0.15) is 30.9 Å². The first-order valence-corrected chi connectivity index (χ1v) is 10.8. The summed E-state index contributed by atoms with van der Waals surface area (Å²) in [6.45, 7) is 4.84. The molecular formula is C21H27NO4S. The van der Waals surface area contributed by atoms with Crippen LogP contribution in [0, 0.1) is 6.92 Å². The number of sulfonamides is 1. The maximum atomic E-state index is 13.0. The third-order valence-electron chi connectivity index (χ3n) is 5.01. The maximum Gasteiger partial charge on any atom is 0.243 e. The Morgan fingerprint density at radius 2 is 1.81 bits per heavy atom. The molecule has 1 fully saturated rings. The average molecular weight is 390 g/mol. The van der Waals surface area contributed by atoms with Crippen LogP contribution < -0.4 is 9.47 Å². The zero-order valence-electron chi connectivity index (χ0n) is 16.1. The Labute approximate surface area is 162 Å². The number of hydrogen-bond donors (Lipinski definition) is 0. The molecule has 0 amide bonds. The van der Waals surface area contributed by atoms with Crippen molar-refractivity contribution in [1.29, 1.82) is 0 Å². The number of rotatable bonds is 6. The van der Waals surface area contributed by atoms with E-state index >= 15 is 0 Å². The quantitative estimate of drug-likeness (QED) is 0.754. The van der Waals surface area contributed by atoms with Crippen LogP contribution in [0.25, 0.3) is 0 Å². The van der Waals surface area contributed by atoms with Gasteiger partial charge in [0.2, 0.25) is 10.0 Å². The third kappa shape index (κ3) is 4.45. The van der Waals surface area contributed by atoms with E-state index in [1.165, 1.54) is 5.56 Å². The van der Waals surface area contributed by atoms with Gasteiger partial charge >= 0.3 is 0 Å². The molecule has 1 saturated heterocycles. The van der Waals surface area contributed by atoms with E-state index in [-0.39, 0.29) is 6.10 Å². The Morgan fingerprint density at radius 1 is 1.07 bits per heavy atom. The molecule has 1 aliphatic heterocycles. The largest absolute Gasteiger partial charge is 0.497 e. The van der Waals surface area contributed by atoms with Crippen molar-refractivity contribution in [3.63, 3.8) is 0 Å². The predicted octanol–water partition coefficient (Wildman–Crippen LogP) is 3.80. The normalized spacial score (nSPS) is 16.3. The van der Waals surface area contributed by atoms with Crippen LogP contribution in [0.3, 0.4) is 0 Å². The first-order valence-electron chi connectivity index (χ1n) is 9.34. The molecule has 2 aromatic carbocycles. The van der Waals surface area contributed by atoms with Crippen LogP contribution in [0.2, 0.25) is 0 Å². The van der Waals surface area contributed by atoms with Gasteiger partial charge in [0.25, 0.3) is 0 Å². The maximum absolute atomic E-state index is 13.0. The Morgan fingerprint density at radius 3 is 2.44 bits per heavy atom. The molecule has 0 aromatic heterocycles. The minimum Gasteiger partial charge on any atom is -0.497 e. The molecule has 3 rings (SSSR count). The molecule has 0 radical (unpaired) electrons. The van der Waals surface area contributed by atoms with Crippen molar-refractivity contribution >= 4 is 10.0 Å². The summed E-state index contributed by atoms with van der Waals surface area (Å²) in [6, 6.07) is 13.2. The van der Waals surface area contributed by atoms with Gasteiger partial charge in [-0.2, -0.15) is 4.31 Å². The minimum absolute atomic E-state index is 0.0421. The molecule has 146 valence electrons. The van der Waals surface area contributed by atoms with E-state index in [1.807, 2.05) is 12.1 Å². The molecule has 0 N–H and O–H groups in total. The van der Waals surface area contributed by atoms with Crippen LogP contribution in [0.5, 0.6) is 11.5 Å². The Bertz CT molecular complexity index is 887. The monoisotopic (exact) mass is 389 g/mol. The molecule has 0 aliphatic carbocycles. The fourth-order valence-corrected chi connectivity index (χ4v) is 5.07. The molecular weight excluding hydrogens is 362 g/mol. The molecule has 2 aromatic rings. The third-order valence-corrected chi connectivity index (χ3v) is 7.07. The van der Waals surface area contributed by atoms with Gasteiger partial charge in [0, 0.05) is 13.1 Å². The van der Waals surface area contributed by atoms with E-state index < -0.39 is 10.0 Å². The van der Waals surface area contributed by atoms with Gasteiger partial charge in [-0.1, -0.05) is 19.1 Å². The zero-order chi connectivity index (χ0) is 19.4. The molecule has 27 heavy (non-hydrogen) atoms. The summed E-state index contributed by atoms with van der Waals surface area (Å²) in [4.78, 5) is 0.346. The average Bonchev–Trinajstić information content (AvgIpc) is 2.68. The summed E-state index contributed by atoms with van der Waals surface area (Å²) >= 11 is 0. The number of ether oxygens (including phenoxy) is 2. The molecule has 0 spiro atoms. The Kier molecular flexibility index (Phi) is 6.07. The van der Waals surface area contributed by atoms with Crippen LogP contribution >= 0.6 is 0 Å². The highest BCUT2D eigenvalue weighted by molar-refractivity contribution is 7.89. The summed E-state index contributed by atoms with van der Waals surface area (Å²) in [5.74, 6) is 1.52. The highest BCUT2D eigenvalue weighted by Gasteiger charge is 2.31. The number of nitrogens with zero attached hydrogens (tertiary/aromatic N) is 1. The fraction of sp³-hybridized carbons (Fsp3) is 0.429. The lowest BCUT2D eigenvalue weighted by molar-refractivity contribution is 0.135. The molecule has 1 heterocycles. The fourth-order valence-electron chi connectivity index (χ4n) is 3.40. The second kappa shape index (κ2) is 8.31. The molecule has 0 saturated carbocycles. The summed E-state index contributed by atoms with van der Waals surface area (Å²) < 4.78 is 38.8. The van der Waals surface area contributed by atoms with Crippen molar-refractivity contribution in [2.24, 2.45) is 0 Å². The molecule has 5 nitrogen and oxygen atoms in total. The second-order valence-corrected chi connectivity index (χ2v) is 8.76. The van der Waals surface area contributed by atoms with Gasteiger partial charge in [-0.05, 0) is 67.6 Å². The van der Waals surface area contributed by atoms with Gasteiger partial charge in [0.15, 0.2) is 0 Å². The smallest absolute Gasteiger partial charge is 0.243 e. The van der Waals surface area contributed by atoms with Crippen LogP contribution in [0.4, 0.5) is 0 Å². The van der Waals surface area contributed by atoms with Gasteiger partial charge in [-0.25, -0.2) is 8.42 Å². The topological polar surface area (TPSA) is 55.8 Å². The van der Waals surface area contributed by atoms with Crippen LogP contribution in [-0.2, 0) is 16.4 Å². The van der Waals surface area contributed by atoms with Gasteiger partial charge < -0.3 is 9.47 Å². The van der Waals surface area contributed by atoms with Crippen LogP contribution in [0.15, 0.2) is 47.4 Å². The van der Waals surface area contributed by atoms with Gasteiger partial charge in [-0.3, -0.25) is 0 Å². The highest BCUT2D eigenvalue weighted by Crippen LogP contribution is 2.27.